The van der Waals surface area contributed by atoms with E-state index in [1.54, 1.807) is 11.8 Å². The Labute approximate surface area is 156 Å². The van der Waals surface area contributed by atoms with Crippen molar-refractivity contribution < 1.29 is 4.42 Å². The van der Waals surface area contributed by atoms with Crippen LogP contribution in [0.3, 0.4) is 0 Å². The van der Waals surface area contributed by atoms with Gasteiger partial charge in [0.1, 0.15) is 10.4 Å². The molecule has 0 unspecified atom stereocenters. The zero-order chi connectivity index (χ0) is 17.4. The largest absolute Gasteiger partial charge is 0.444 e. The molecule has 130 valence electrons. The minimum Gasteiger partial charge on any atom is -0.444 e. The van der Waals surface area contributed by atoms with Gasteiger partial charge in [-0.1, -0.05) is 61.2 Å². The molecule has 3 aromatic rings. The van der Waals surface area contributed by atoms with E-state index >= 15 is 0 Å². The number of benzene rings is 1. The van der Waals surface area contributed by atoms with Crippen LogP contribution in [0.2, 0.25) is 0 Å². The number of nitrogens with zero attached hydrogens (tertiary/aromatic N) is 3. The van der Waals surface area contributed by atoms with E-state index in [0.29, 0.717) is 4.64 Å². The molecule has 0 fully saturated rings. The number of hydrogen-bond acceptors (Lipinski definition) is 5. The van der Waals surface area contributed by atoms with Crippen molar-refractivity contribution >= 4 is 35.1 Å². The van der Waals surface area contributed by atoms with E-state index < -0.39 is 0 Å². The summed E-state index contributed by atoms with van der Waals surface area (Å²) in [5.41, 5.74) is 3.33. The van der Waals surface area contributed by atoms with Crippen LogP contribution in [-0.4, -0.2) is 33.8 Å². The predicted octanol–water partition coefficient (Wildman–Crippen LogP) is 4.51. The summed E-state index contributed by atoms with van der Waals surface area (Å²) in [4.78, 5) is 7.06. The first kappa shape index (κ1) is 16.8. The van der Waals surface area contributed by atoms with Crippen molar-refractivity contribution in [2.45, 2.75) is 31.6 Å². The van der Waals surface area contributed by atoms with Gasteiger partial charge in [-0.3, -0.25) is 4.57 Å². The van der Waals surface area contributed by atoms with Gasteiger partial charge in [0.15, 0.2) is 5.16 Å². The van der Waals surface area contributed by atoms with E-state index in [1.807, 2.05) is 6.07 Å². The van der Waals surface area contributed by atoms with Crippen molar-refractivity contribution in [3.05, 3.63) is 51.9 Å². The highest BCUT2D eigenvalue weighted by molar-refractivity contribution is 7.99. The predicted molar refractivity (Wildman–Crippen MR) is 105 cm³/mol. The lowest BCUT2D eigenvalue weighted by Gasteiger charge is -2.20. The summed E-state index contributed by atoms with van der Waals surface area (Å²) >= 11 is 7.35. The van der Waals surface area contributed by atoms with E-state index in [0.717, 1.165) is 53.8 Å². The molecule has 0 radical (unpaired) electrons. The van der Waals surface area contributed by atoms with Crippen LogP contribution >= 0.6 is 24.0 Å². The van der Waals surface area contributed by atoms with Gasteiger partial charge < -0.3 is 9.32 Å². The van der Waals surface area contributed by atoms with Crippen molar-refractivity contribution in [2.75, 3.05) is 19.3 Å². The Hall–Kier alpha value is -1.63. The second-order valence-electron chi connectivity index (χ2n) is 6.38. The minimum atomic E-state index is 0.663. The van der Waals surface area contributed by atoms with Crippen molar-refractivity contribution in [3.8, 4) is 0 Å². The van der Waals surface area contributed by atoms with Crippen molar-refractivity contribution in [2.24, 2.45) is 0 Å². The van der Waals surface area contributed by atoms with Crippen LogP contribution in [0.5, 0.6) is 0 Å². The molecule has 0 saturated carbocycles. The fraction of sp³-hybridized carbons (Fsp3) is 0.368. The molecule has 0 aliphatic carbocycles. The number of thioether (sulfide) groups is 1. The van der Waals surface area contributed by atoms with E-state index in [9.17, 15) is 0 Å². The molecular weight excluding hydrogens is 350 g/mol. The highest BCUT2D eigenvalue weighted by atomic mass is 32.2. The highest BCUT2D eigenvalue weighted by Crippen LogP contribution is 2.33. The first-order valence-electron chi connectivity index (χ1n) is 8.57. The molecule has 1 aromatic carbocycles. The second-order valence-corrected chi connectivity index (χ2v) is 7.99. The van der Waals surface area contributed by atoms with E-state index in [1.165, 1.54) is 11.1 Å². The number of fused-ring (bicyclic) bond motifs is 3. The molecule has 1 aliphatic rings. The minimum absolute atomic E-state index is 0.663. The summed E-state index contributed by atoms with van der Waals surface area (Å²) in [5, 5.41) is 1.95. The van der Waals surface area contributed by atoms with Gasteiger partial charge in [0.05, 0.1) is 11.9 Å². The van der Waals surface area contributed by atoms with Gasteiger partial charge in [0.25, 0.3) is 0 Å². The maximum absolute atomic E-state index is 6.33. The normalized spacial score (nSPS) is 14.8. The van der Waals surface area contributed by atoms with E-state index in [-0.39, 0.29) is 0 Å². The third-order valence-corrected chi connectivity index (χ3v) is 5.72. The fourth-order valence-electron chi connectivity index (χ4n) is 3.35. The zero-order valence-electron chi connectivity index (χ0n) is 14.5. The molecule has 25 heavy (non-hydrogen) atoms. The lowest BCUT2D eigenvalue weighted by Crippen LogP contribution is -2.25. The van der Waals surface area contributed by atoms with Crippen molar-refractivity contribution in [3.63, 3.8) is 0 Å². The van der Waals surface area contributed by atoms with Crippen LogP contribution in [0.25, 0.3) is 11.1 Å². The molecular formula is C19H21N3OS2. The Morgan fingerprint density at radius 2 is 2.08 bits per heavy atom. The summed E-state index contributed by atoms with van der Waals surface area (Å²) in [7, 11) is 2.14. The van der Waals surface area contributed by atoms with Crippen LogP contribution in [0.4, 0.5) is 0 Å². The highest BCUT2D eigenvalue weighted by Gasteiger charge is 2.24. The Kier molecular flexibility index (Phi) is 4.67. The molecule has 0 N–H and O–H groups in total. The Bertz CT molecular complexity index is 962. The molecule has 3 heterocycles. The molecule has 0 atom stereocenters. The van der Waals surface area contributed by atoms with Crippen LogP contribution in [0.1, 0.15) is 23.8 Å². The maximum atomic E-state index is 6.33. The van der Waals surface area contributed by atoms with Gasteiger partial charge in [0, 0.05) is 25.1 Å². The smallest absolute Gasteiger partial charge is 0.212 e. The first-order chi connectivity index (χ1) is 12.2. The molecule has 6 heteroatoms. The van der Waals surface area contributed by atoms with Gasteiger partial charge in [0.2, 0.25) is 5.71 Å². The van der Waals surface area contributed by atoms with Gasteiger partial charge in [-0.05, 0) is 18.4 Å². The number of rotatable bonds is 4. The van der Waals surface area contributed by atoms with Crippen molar-refractivity contribution in [1.29, 1.82) is 0 Å². The quantitative estimate of drug-likeness (QED) is 0.383. The number of aromatic nitrogens is 2. The molecule has 0 saturated heterocycles. The Morgan fingerprint density at radius 1 is 1.28 bits per heavy atom. The number of hydrogen-bond donors (Lipinski definition) is 0. The van der Waals surface area contributed by atoms with E-state index in [2.05, 4.69) is 47.7 Å². The molecule has 0 spiro atoms. The average Bonchev–Trinajstić information content (AvgIpc) is 2.98. The fourth-order valence-corrected chi connectivity index (χ4v) is 4.43. The molecule has 4 rings (SSSR count). The van der Waals surface area contributed by atoms with Crippen LogP contribution in [0, 0.1) is 4.64 Å². The molecule has 2 aromatic heterocycles. The van der Waals surface area contributed by atoms with Gasteiger partial charge in [-0.15, -0.1) is 0 Å². The van der Waals surface area contributed by atoms with Gasteiger partial charge in [-0.2, -0.15) is 0 Å². The second kappa shape index (κ2) is 6.94. The summed E-state index contributed by atoms with van der Waals surface area (Å²) in [6.07, 6.45) is 0.927. The SMILES string of the molecule is CCSc1nc(=S)c2c3c(oc2n1Cc1ccccc1)CCN(C)C3. The van der Waals surface area contributed by atoms with Gasteiger partial charge in [-0.25, -0.2) is 4.98 Å². The first-order valence-corrected chi connectivity index (χ1v) is 9.97. The van der Waals surface area contributed by atoms with Gasteiger partial charge >= 0.3 is 0 Å². The lowest BCUT2D eigenvalue weighted by atomic mass is 10.1. The molecule has 4 nitrogen and oxygen atoms in total. The number of likely N-dealkylation sites (N-methyl/N-ethyl adjacent to an activating group) is 1. The zero-order valence-corrected chi connectivity index (χ0v) is 16.1. The maximum Gasteiger partial charge on any atom is 0.212 e. The van der Waals surface area contributed by atoms with Crippen LogP contribution in [0.15, 0.2) is 39.9 Å². The monoisotopic (exact) mass is 371 g/mol. The molecule has 1 aliphatic heterocycles. The molecule has 0 amide bonds. The summed E-state index contributed by atoms with van der Waals surface area (Å²) in [5.74, 6) is 2.02. The van der Waals surface area contributed by atoms with Crippen LogP contribution in [-0.2, 0) is 19.5 Å². The average molecular weight is 372 g/mol. The van der Waals surface area contributed by atoms with Crippen molar-refractivity contribution in [1.82, 2.24) is 14.5 Å². The third kappa shape index (κ3) is 3.14. The van der Waals surface area contributed by atoms with E-state index in [4.69, 9.17) is 21.6 Å². The Balaban J connectivity index is 1.93. The van der Waals surface area contributed by atoms with Crippen LogP contribution < -0.4 is 0 Å². The lowest BCUT2D eigenvalue weighted by molar-refractivity contribution is 0.295. The summed E-state index contributed by atoms with van der Waals surface area (Å²) in [6, 6.07) is 10.4. The molecule has 0 bridgehead atoms. The standard InChI is InChI=1S/C19H21N3OS2/c1-3-25-19-20-17(24)16-14-12-21(2)10-9-15(14)23-18(16)22(19)11-13-7-5-4-6-8-13/h4-8H,3,9-12H2,1-2H3. The summed E-state index contributed by atoms with van der Waals surface area (Å²) in [6.45, 7) is 4.76. The summed E-state index contributed by atoms with van der Waals surface area (Å²) < 4.78 is 9.18. The number of furan rings is 1. The Morgan fingerprint density at radius 3 is 2.84 bits per heavy atom. The topological polar surface area (TPSA) is 34.2 Å². The third-order valence-electron chi connectivity index (χ3n) is 4.56.